The van der Waals surface area contributed by atoms with E-state index in [1.54, 1.807) is 11.8 Å². The molecule has 1 heterocycles. The number of aliphatic hydroxyl groups is 1. The number of aliphatic hydroxyl groups excluding tert-OH is 1. The molecule has 0 aromatic carbocycles. The summed E-state index contributed by atoms with van der Waals surface area (Å²) in [6.45, 7) is 5.99. The summed E-state index contributed by atoms with van der Waals surface area (Å²) in [5, 5.41) is 10.3. The van der Waals surface area contributed by atoms with Gasteiger partial charge in [-0.2, -0.15) is 0 Å². The van der Waals surface area contributed by atoms with Crippen molar-refractivity contribution in [2.45, 2.75) is 77.7 Å². The number of nitrogens with zero attached hydrogens (tertiary/aromatic N) is 1. The van der Waals surface area contributed by atoms with Crippen molar-refractivity contribution in [1.29, 1.82) is 0 Å². The molecule has 0 bridgehead atoms. The standard InChI is InChI=1S/C27H40INO2S/c1-26-11-7-19(30)15-18(26)3-4-21-22-5-6-24(27(22,2)12-8-23(21)26)25(31)16-32-20-9-13-29(17-28)14-10-20/h9-10,13,18-19,21-24,30H,3-8,11-12,14-17H2,1-2H3/t18-,19+,21-,22-,23-,24+,26-,27-/m0/s1. The molecule has 0 aromatic rings. The van der Waals surface area contributed by atoms with E-state index in [9.17, 15) is 9.90 Å². The lowest BCUT2D eigenvalue weighted by molar-refractivity contribution is -0.138. The van der Waals surface area contributed by atoms with Crippen LogP contribution in [0.3, 0.4) is 0 Å². The first-order valence-corrected chi connectivity index (χ1v) is 15.4. The highest BCUT2D eigenvalue weighted by atomic mass is 127. The minimum absolute atomic E-state index is 0.0665. The Labute approximate surface area is 212 Å². The number of alkyl halides is 1. The SMILES string of the molecule is C[C@]12CC[C@@H](O)C[C@@H]1CC[C@@H]1[C@@H]2CC[C@]2(C)[C@@H](C(=O)CSC3=CCN(CI)C=C3)CC[C@@H]12. The van der Waals surface area contributed by atoms with Gasteiger partial charge in [-0.05, 0) is 98.4 Å². The van der Waals surface area contributed by atoms with E-state index >= 15 is 0 Å². The number of allylic oxidation sites excluding steroid dienone is 1. The Morgan fingerprint density at radius 3 is 2.66 bits per heavy atom. The summed E-state index contributed by atoms with van der Waals surface area (Å²) in [4.78, 5) is 17.0. The minimum atomic E-state index is -0.0665. The molecule has 4 aliphatic carbocycles. The number of fused-ring (bicyclic) bond motifs is 5. The number of halogens is 1. The average Bonchev–Trinajstić information content (AvgIpc) is 3.15. The highest BCUT2D eigenvalue weighted by molar-refractivity contribution is 14.1. The summed E-state index contributed by atoms with van der Waals surface area (Å²) < 4.78 is 1.01. The Balaban J connectivity index is 1.24. The molecule has 0 aromatic heterocycles. The van der Waals surface area contributed by atoms with Gasteiger partial charge in [0.05, 0.1) is 16.4 Å². The number of carbonyl (C=O) groups is 1. The fraction of sp³-hybridized carbons (Fsp3) is 0.815. The van der Waals surface area contributed by atoms with Gasteiger partial charge in [-0.15, -0.1) is 11.8 Å². The molecule has 32 heavy (non-hydrogen) atoms. The van der Waals surface area contributed by atoms with Crippen molar-refractivity contribution in [3.63, 3.8) is 0 Å². The molecule has 0 saturated heterocycles. The molecule has 3 nitrogen and oxygen atoms in total. The van der Waals surface area contributed by atoms with Gasteiger partial charge in [-0.25, -0.2) is 0 Å². The molecule has 0 unspecified atom stereocenters. The van der Waals surface area contributed by atoms with Crippen LogP contribution >= 0.6 is 34.4 Å². The first kappa shape index (κ1) is 23.7. The molecular formula is C27H40INO2S. The van der Waals surface area contributed by atoms with Gasteiger partial charge in [0.2, 0.25) is 0 Å². The average molecular weight is 570 g/mol. The van der Waals surface area contributed by atoms with Crippen molar-refractivity contribution in [3.05, 3.63) is 23.3 Å². The van der Waals surface area contributed by atoms with Crippen molar-refractivity contribution in [2.75, 3.05) is 16.8 Å². The maximum absolute atomic E-state index is 13.4. The molecule has 0 radical (unpaired) electrons. The fourth-order valence-corrected chi connectivity index (χ4v) is 10.1. The molecule has 4 saturated carbocycles. The maximum Gasteiger partial charge on any atom is 0.146 e. The Morgan fingerprint density at radius 2 is 1.91 bits per heavy atom. The Kier molecular flexibility index (Phi) is 6.83. The number of rotatable bonds is 5. The number of thioether (sulfide) groups is 1. The van der Waals surface area contributed by atoms with E-state index in [1.807, 2.05) is 0 Å². The van der Waals surface area contributed by atoms with Crippen LogP contribution < -0.4 is 0 Å². The second-order valence-corrected chi connectivity index (χ2v) is 13.6. The third-order valence-corrected chi connectivity index (χ3v) is 12.5. The van der Waals surface area contributed by atoms with Crippen molar-refractivity contribution in [2.24, 2.45) is 40.4 Å². The first-order valence-electron chi connectivity index (χ1n) is 12.9. The van der Waals surface area contributed by atoms with Crippen molar-refractivity contribution >= 4 is 40.1 Å². The van der Waals surface area contributed by atoms with Crippen molar-refractivity contribution in [1.82, 2.24) is 4.90 Å². The molecule has 5 aliphatic rings. The number of ketones is 1. The highest BCUT2D eigenvalue weighted by Gasteiger charge is 2.61. The lowest BCUT2D eigenvalue weighted by Crippen LogP contribution is -2.54. The van der Waals surface area contributed by atoms with Gasteiger partial charge in [0.25, 0.3) is 0 Å². The summed E-state index contributed by atoms with van der Waals surface area (Å²) >= 11 is 4.14. The number of carbonyl (C=O) groups excluding carboxylic acids is 1. The van der Waals surface area contributed by atoms with Crippen LogP contribution in [0.5, 0.6) is 0 Å². The number of Topliss-reactive ketones (excluding diaryl/α,β-unsaturated/α-hetero) is 1. The molecule has 1 N–H and O–H groups in total. The Bertz CT molecular complexity index is 799. The van der Waals surface area contributed by atoms with Gasteiger partial charge < -0.3 is 10.0 Å². The van der Waals surface area contributed by atoms with Gasteiger partial charge in [0, 0.05) is 23.6 Å². The molecule has 5 heteroatoms. The van der Waals surface area contributed by atoms with Gasteiger partial charge in [0.1, 0.15) is 5.78 Å². The zero-order chi connectivity index (χ0) is 22.5. The fourth-order valence-electron chi connectivity index (χ4n) is 8.73. The van der Waals surface area contributed by atoms with E-state index in [4.69, 9.17) is 0 Å². The smallest absolute Gasteiger partial charge is 0.146 e. The first-order chi connectivity index (χ1) is 15.3. The van der Waals surface area contributed by atoms with Crippen LogP contribution in [0.4, 0.5) is 0 Å². The summed E-state index contributed by atoms with van der Waals surface area (Å²) in [6, 6.07) is 0. The van der Waals surface area contributed by atoms with Crippen LogP contribution in [0.2, 0.25) is 0 Å². The Hall–Kier alpha value is -0.0100. The van der Waals surface area contributed by atoms with Gasteiger partial charge in [0.15, 0.2) is 0 Å². The van der Waals surface area contributed by atoms with Crippen LogP contribution in [0.1, 0.15) is 71.6 Å². The molecule has 4 fully saturated rings. The molecule has 0 spiro atoms. The summed E-state index contributed by atoms with van der Waals surface area (Å²) in [5.74, 6) is 4.47. The predicted octanol–water partition coefficient (Wildman–Crippen LogP) is 6.41. The molecule has 8 atom stereocenters. The predicted molar refractivity (Wildman–Crippen MR) is 142 cm³/mol. The lowest BCUT2D eigenvalue weighted by Gasteiger charge is -2.60. The van der Waals surface area contributed by atoms with Gasteiger partial charge in [-0.1, -0.05) is 42.5 Å². The summed E-state index contributed by atoms with van der Waals surface area (Å²) in [7, 11) is 0. The van der Waals surface area contributed by atoms with Crippen LogP contribution in [-0.4, -0.2) is 38.7 Å². The van der Waals surface area contributed by atoms with Crippen LogP contribution in [0.15, 0.2) is 23.3 Å². The highest BCUT2D eigenvalue weighted by Crippen LogP contribution is 2.67. The summed E-state index contributed by atoms with van der Waals surface area (Å²) in [6.07, 6.45) is 17.3. The van der Waals surface area contributed by atoms with Crippen molar-refractivity contribution in [3.8, 4) is 0 Å². The van der Waals surface area contributed by atoms with Crippen LogP contribution in [0.25, 0.3) is 0 Å². The molecular weight excluding hydrogens is 529 g/mol. The van der Waals surface area contributed by atoms with Crippen LogP contribution in [-0.2, 0) is 4.79 Å². The Morgan fingerprint density at radius 1 is 1.12 bits per heavy atom. The number of hydrogen-bond acceptors (Lipinski definition) is 4. The minimum Gasteiger partial charge on any atom is -0.393 e. The summed E-state index contributed by atoms with van der Waals surface area (Å²) in [5.41, 5.74) is 0.637. The zero-order valence-electron chi connectivity index (χ0n) is 19.8. The normalized spacial score (nSPS) is 45.6. The third kappa shape index (κ3) is 4.04. The molecule has 178 valence electrons. The quantitative estimate of drug-likeness (QED) is 0.236. The lowest BCUT2D eigenvalue weighted by atomic mass is 9.44. The number of hydrogen-bond donors (Lipinski definition) is 1. The van der Waals surface area contributed by atoms with Crippen LogP contribution in [0, 0.1) is 40.4 Å². The van der Waals surface area contributed by atoms with E-state index < -0.39 is 0 Å². The van der Waals surface area contributed by atoms with Gasteiger partial charge in [-0.3, -0.25) is 4.79 Å². The topological polar surface area (TPSA) is 40.5 Å². The van der Waals surface area contributed by atoms with Crippen molar-refractivity contribution < 1.29 is 9.90 Å². The van der Waals surface area contributed by atoms with E-state index in [2.05, 4.69) is 59.7 Å². The van der Waals surface area contributed by atoms with Gasteiger partial charge >= 0.3 is 0 Å². The second kappa shape index (κ2) is 9.22. The zero-order valence-corrected chi connectivity index (χ0v) is 22.7. The monoisotopic (exact) mass is 569 g/mol. The van der Waals surface area contributed by atoms with E-state index in [1.165, 1.54) is 43.4 Å². The second-order valence-electron chi connectivity index (χ2n) is 11.8. The molecule has 5 rings (SSSR count). The maximum atomic E-state index is 13.4. The molecule has 0 amide bonds. The third-order valence-electron chi connectivity index (χ3n) is 10.5. The van der Waals surface area contributed by atoms with E-state index in [0.29, 0.717) is 22.9 Å². The van der Waals surface area contributed by atoms with E-state index in [0.717, 1.165) is 48.1 Å². The largest absolute Gasteiger partial charge is 0.393 e. The molecule has 1 aliphatic heterocycles. The van der Waals surface area contributed by atoms with E-state index in [-0.39, 0.29) is 17.4 Å².